The van der Waals surface area contributed by atoms with Crippen molar-refractivity contribution in [2.24, 2.45) is 5.92 Å². The highest BCUT2D eigenvalue weighted by Crippen LogP contribution is 2.28. The van der Waals surface area contributed by atoms with Crippen molar-refractivity contribution in [3.63, 3.8) is 0 Å². The summed E-state index contributed by atoms with van der Waals surface area (Å²) < 4.78 is 0. The van der Waals surface area contributed by atoms with Crippen molar-refractivity contribution in [2.75, 3.05) is 0 Å². The van der Waals surface area contributed by atoms with E-state index in [-0.39, 0.29) is 0 Å². The van der Waals surface area contributed by atoms with Gasteiger partial charge in [0, 0.05) is 12.8 Å². The maximum Gasteiger partial charge on any atom is 0.162 e. The molecule has 2 aliphatic carbocycles. The second kappa shape index (κ2) is 5.96. The molecule has 2 aliphatic rings. The maximum absolute atomic E-state index is 9.21. The molecule has 0 radical (unpaired) electrons. The molecule has 2 rings (SSSR count). The molecule has 0 saturated heterocycles. The quantitative estimate of drug-likeness (QED) is 0.503. The molecule has 0 spiro atoms. The molecule has 0 aliphatic heterocycles. The molecule has 0 aromatic heterocycles. The highest BCUT2D eigenvalue weighted by Gasteiger charge is 2.31. The van der Waals surface area contributed by atoms with Gasteiger partial charge in [-0.15, -0.1) is 0 Å². The Morgan fingerprint density at radius 2 is 1.62 bits per heavy atom. The number of aliphatic hydroxyl groups excluding tert-OH is 2. The molecule has 3 unspecified atom stereocenters. The number of hydrogen-bond acceptors (Lipinski definition) is 4. The van der Waals surface area contributed by atoms with Gasteiger partial charge in [0.15, 0.2) is 5.79 Å². The highest BCUT2D eigenvalue weighted by atomic mass is 16.5. The predicted molar refractivity (Wildman–Crippen MR) is 60.7 cm³/mol. The van der Waals surface area contributed by atoms with Crippen molar-refractivity contribution in [1.29, 1.82) is 0 Å². The van der Waals surface area contributed by atoms with Gasteiger partial charge in [-0.05, 0) is 31.6 Å². The molecule has 2 saturated carbocycles. The van der Waals surface area contributed by atoms with Gasteiger partial charge in [0.1, 0.15) is 0 Å². The van der Waals surface area contributed by atoms with Gasteiger partial charge in [0.2, 0.25) is 0 Å². The molecule has 0 aromatic rings. The lowest BCUT2D eigenvalue weighted by molar-refractivity contribution is -0.152. The van der Waals surface area contributed by atoms with E-state index in [9.17, 15) is 5.11 Å². The minimum absolute atomic E-state index is 0.347. The standard InChI is InChI=1S/C7H14O2.C5H10O2/c1-2-5-3-4-6(8)7(5)9;6-5(7)3-1-2-4-5/h5-9H,2-4H2,1H3;6-7H,1-4H2. The van der Waals surface area contributed by atoms with Gasteiger partial charge in [-0.3, -0.25) is 0 Å². The third kappa shape index (κ3) is 4.01. The van der Waals surface area contributed by atoms with Gasteiger partial charge in [-0.1, -0.05) is 13.3 Å². The fourth-order valence-electron chi connectivity index (χ4n) is 2.43. The molecular weight excluding hydrogens is 208 g/mol. The van der Waals surface area contributed by atoms with E-state index >= 15 is 0 Å². The first-order valence-electron chi connectivity index (χ1n) is 6.27. The van der Waals surface area contributed by atoms with Crippen LogP contribution in [-0.4, -0.2) is 38.4 Å². The van der Waals surface area contributed by atoms with Crippen molar-refractivity contribution in [3.8, 4) is 0 Å². The van der Waals surface area contributed by atoms with Gasteiger partial charge in [-0.2, -0.15) is 0 Å². The zero-order valence-corrected chi connectivity index (χ0v) is 9.97. The van der Waals surface area contributed by atoms with E-state index in [1.165, 1.54) is 0 Å². The average molecular weight is 232 g/mol. The van der Waals surface area contributed by atoms with Crippen LogP contribution in [0, 0.1) is 5.92 Å². The summed E-state index contributed by atoms with van der Waals surface area (Å²) in [6, 6.07) is 0. The topological polar surface area (TPSA) is 80.9 Å². The van der Waals surface area contributed by atoms with Crippen LogP contribution >= 0.6 is 0 Å². The van der Waals surface area contributed by atoms with Gasteiger partial charge in [0.25, 0.3) is 0 Å². The molecule has 4 N–H and O–H groups in total. The summed E-state index contributed by atoms with van der Waals surface area (Å²) >= 11 is 0. The van der Waals surface area contributed by atoms with Crippen LogP contribution in [-0.2, 0) is 0 Å². The van der Waals surface area contributed by atoms with E-state index in [0.717, 1.165) is 32.1 Å². The summed E-state index contributed by atoms with van der Waals surface area (Å²) in [5.41, 5.74) is 0. The summed E-state index contributed by atoms with van der Waals surface area (Å²) in [6.07, 6.45) is 4.90. The Hall–Kier alpha value is -0.160. The van der Waals surface area contributed by atoms with Gasteiger partial charge < -0.3 is 20.4 Å². The van der Waals surface area contributed by atoms with Gasteiger partial charge in [-0.25, -0.2) is 0 Å². The molecule has 4 nitrogen and oxygen atoms in total. The number of hydrogen-bond donors (Lipinski definition) is 4. The Morgan fingerprint density at radius 3 is 1.81 bits per heavy atom. The monoisotopic (exact) mass is 232 g/mol. The SMILES string of the molecule is CCC1CCC(O)C1O.OC1(O)CCCC1. The Bertz CT molecular complexity index is 197. The Morgan fingerprint density at radius 1 is 1.06 bits per heavy atom. The third-order valence-electron chi connectivity index (χ3n) is 3.64. The van der Waals surface area contributed by atoms with E-state index in [0.29, 0.717) is 18.8 Å². The van der Waals surface area contributed by atoms with Crippen LogP contribution in [0.5, 0.6) is 0 Å². The Balaban J connectivity index is 0.000000165. The molecule has 96 valence electrons. The first-order valence-corrected chi connectivity index (χ1v) is 6.27. The second-order valence-electron chi connectivity index (χ2n) is 4.99. The summed E-state index contributed by atoms with van der Waals surface area (Å²) in [6.45, 7) is 2.05. The van der Waals surface area contributed by atoms with Gasteiger partial charge >= 0.3 is 0 Å². The lowest BCUT2D eigenvalue weighted by atomic mass is 10.0. The molecule has 16 heavy (non-hydrogen) atoms. The fourth-order valence-corrected chi connectivity index (χ4v) is 2.43. The molecule has 4 heteroatoms. The molecule has 0 bridgehead atoms. The number of aliphatic hydroxyl groups is 4. The third-order valence-corrected chi connectivity index (χ3v) is 3.64. The average Bonchev–Trinajstić information content (AvgIpc) is 2.76. The summed E-state index contributed by atoms with van der Waals surface area (Å²) in [7, 11) is 0. The van der Waals surface area contributed by atoms with Crippen LogP contribution < -0.4 is 0 Å². The van der Waals surface area contributed by atoms with E-state index in [1.54, 1.807) is 0 Å². The zero-order valence-electron chi connectivity index (χ0n) is 9.97. The molecule has 0 heterocycles. The molecular formula is C12H24O4. The number of rotatable bonds is 1. The minimum atomic E-state index is -1.31. The van der Waals surface area contributed by atoms with E-state index in [1.807, 2.05) is 6.92 Å². The van der Waals surface area contributed by atoms with Crippen molar-refractivity contribution >= 4 is 0 Å². The minimum Gasteiger partial charge on any atom is -0.390 e. The normalized spacial score (nSPS) is 36.9. The lowest BCUT2D eigenvalue weighted by Crippen LogP contribution is -2.24. The van der Waals surface area contributed by atoms with Gasteiger partial charge in [0.05, 0.1) is 12.2 Å². The first-order chi connectivity index (χ1) is 7.46. The van der Waals surface area contributed by atoms with Crippen molar-refractivity contribution < 1.29 is 20.4 Å². The smallest absolute Gasteiger partial charge is 0.162 e. The first kappa shape index (κ1) is 13.9. The summed E-state index contributed by atoms with van der Waals surface area (Å²) in [5, 5.41) is 35.8. The van der Waals surface area contributed by atoms with Crippen LogP contribution in [0.25, 0.3) is 0 Å². The zero-order chi connectivity index (χ0) is 12.2. The second-order valence-corrected chi connectivity index (χ2v) is 4.99. The van der Waals surface area contributed by atoms with Crippen molar-refractivity contribution in [2.45, 2.75) is 69.9 Å². The molecule has 3 atom stereocenters. The van der Waals surface area contributed by atoms with E-state index in [2.05, 4.69) is 0 Å². The van der Waals surface area contributed by atoms with Crippen molar-refractivity contribution in [1.82, 2.24) is 0 Å². The molecule has 0 aromatic carbocycles. The van der Waals surface area contributed by atoms with Crippen LogP contribution in [0.1, 0.15) is 51.9 Å². The predicted octanol–water partition coefficient (Wildman–Crippen LogP) is 0.770. The lowest BCUT2D eigenvalue weighted by Gasteiger charge is -2.13. The van der Waals surface area contributed by atoms with Crippen molar-refractivity contribution in [3.05, 3.63) is 0 Å². The van der Waals surface area contributed by atoms with E-state index in [4.69, 9.17) is 15.3 Å². The maximum atomic E-state index is 9.21. The Kier molecular flexibility index (Phi) is 5.18. The summed E-state index contributed by atoms with van der Waals surface area (Å²) in [4.78, 5) is 0. The molecule has 2 fully saturated rings. The van der Waals surface area contributed by atoms with Crippen LogP contribution in [0.4, 0.5) is 0 Å². The van der Waals surface area contributed by atoms with Crippen LogP contribution in [0.3, 0.4) is 0 Å². The summed E-state index contributed by atoms with van der Waals surface area (Å²) in [5.74, 6) is -0.958. The fraction of sp³-hybridized carbons (Fsp3) is 1.00. The Labute approximate surface area is 96.9 Å². The largest absolute Gasteiger partial charge is 0.390 e. The van der Waals surface area contributed by atoms with Crippen LogP contribution in [0.2, 0.25) is 0 Å². The van der Waals surface area contributed by atoms with Crippen LogP contribution in [0.15, 0.2) is 0 Å². The highest BCUT2D eigenvalue weighted by molar-refractivity contribution is 4.82. The van der Waals surface area contributed by atoms with E-state index < -0.39 is 18.0 Å². The molecule has 0 amide bonds.